The Hall–Kier alpha value is -6.52. The zero-order valence-corrected chi connectivity index (χ0v) is 25.1. The van der Waals surface area contributed by atoms with Gasteiger partial charge in [-0.05, 0) is 47.1 Å². The highest BCUT2D eigenvalue weighted by Gasteiger charge is 2.21. The Morgan fingerprint density at radius 1 is 0.542 bits per heavy atom. The van der Waals surface area contributed by atoms with Crippen molar-refractivity contribution in [1.82, 2.24) is 14.5 Å². The Morgan fingerprint density at radius 3 is 1.94 bits per heavy atom. The summed E-state index contributed by atoms with van der Waals surface area (Å²) in [6, 6.07) is 27.3. The van der Waals surface area contributed by atoms with E-state index in [1.165, 1.54) is 4.57 Å². The predicted molar refractivity (Wildman–Crippen MR) is 197 cm³/mol. The van der Waals surface area contributed by atoms with Crippen LogP contribution in [-0.2, 0) is 0 Å². The number of rotatable bonds is 4. The van der Waals surface area contributed by atoms with Crippen LogP contribution in [-0.4, -0.2) is 14.5 Å². The SMILES string of the molecule is [2H]c1c([2H])c([2H])c2c([2H])c3c(c([2H])c2c1[2H])c1c([2H])c([2H])c([2H])c([2H])c1n3-c1cc(-c2nc(-c3ccccc3)cc(-c3ccccc3)n2)c2c(c1)oc1ccccc12. The van der Waals surface area contributed by atoms with E-state index < -0.39 is 54.4 Å². The molecule has 0 aliphatic carbocycles. The van der Waals surface area contributed by atoms with E-state index in [9.17, 15) is 4.11 Å². The molecule has 0 fully saturated rings. The van der Waals surface area contributed by atoms with Gasteiger partial charge in [-0.1, -0.05) is 121 Å². The zero-order valence-electron chi connectivity index (χ0n) is 35.1. The fraction of sp³-hybridized carbons (Fsp3) is 0. The van der Waals surface area contributed by atoms with Gasteiger partial charge in [0.1, 0.15) is 11.2 Å². The summed E-state index contributed by atoms with van der Waals surface area (Å²) in [6.07, 6.45) is 0. The lowest BCUT2D eigenvalue weighted by Gasteiger charge is -2.13. The number of fused-ring (bicyclic) bond motifs is 7. The average molecular weight is 624 g/mol. The highest BCUT2D eigenvalue weighted by atomic mass is 16.3. The van der Waals surface area contributed by atoms with Gasteiger partial charge in [-0.2, -0.15) is 0 Å². The lowest BCUT2D eigenvalue weighted by molar-refractivity contribution is 0.668. The van der Waals surface area contributed by atoms with Crippen LogP contribution in [0.5, 0.6) is 0 Å². The van der Waals surface area contributed by atoms with Crippen molar-refractivity contribution in [3.05, 3.63) is 164 Å². The fourth-order valence-corrected chi connectivity index (χ4v) is 6.46. The van der Waals surface area contributed by atoms with Gasteiger partial charge < -0.3 is 8.98 Å². The molecular weight excluding hydrogens is 587 g/mol. The molecule has 0 atom stereocenters. The predicted octanol–water partition coefficient (Wildman–Crippen LogP) is 11.6. The van der Waals surface area contributed by atoms with Crippen LogP contribution in [0.4, 0.5) is 0 Å². The van der Waals surface area contributed by atoms with Crippen molar-refractivity contribution in [2.75, 3.05) is 0 Å². The van der Waals surface area contributed by atoms with Crippen molar-refractivity contribution in [3.63, 3.8) is 0 Å². The number of hydrogen-bond donors (Lipinski definition) is 0. The van der Waals surface area contributed by atoms with Crippen LogP contribution in [0.2, 0.25) is 0 Å². The van der Waals surface area contributed by atoms with Crippen LogP contribution in [0.1, 0.15) is 13.7 Å². The monoisotopic (exact) mass is 623 g/mol. The van der Waals surface area contributed by atoms with Gasteiger partial charge in [0.05, 0.1) is 41.8 Å². The molecule has 0 N–H and O–H groups in total. The van der Waals surface area contributed by atoms with Gasteiger partial charge in [-0.3, -0.25) is 0 Å². The van der Waals surface area contributed by atoms with Crippen LogP contribution in [0.3, 0.4) is 0 Å². The van der Waals surface area contributed by atoms with E-state index in [-0.39, 0.29) is 44.3 Å². The van der Waals surface area contributed by atoms with Crippen LogP contribution in [0, 0.1) is 0 Å². The third kappa shape index (κ3) is 4.16. The van der Waals surface area contributed by atoms with Gasteiger partial charge >= 0.3 is 0 Å². The molecule has 0 spiro atoms. The van der Waals surface area contributed by atoms with Crippen molar-refractivity contribution >= 4 is 54.5 Å². The van der Waals surface area contributed by atoms with Crippen molar-refractivity contribution < 1.29 is 18.1 Å². The quantitative estimate of drug-likeness (QED) is 0.196. The summed E-state index contributed by atoms with van der Waals surface area (Å²) in [5.74, 6) is 0.327. The Labute approximate surface area is 290 Å². The van der Waals surface area contributed by atoms with E-state index in [2.05, 4.69) is 0 Å². The second kappa shape index (κ2) is 10.5. The van der Waals surface area contributed by atoms with Crippen LogP contribution < -0.4 is 0 Å². The van der Waals surface area contributed by atoms with Crippen LogP contribution in [0.15, 0.2) is 168 Å². The molecule has 7 aromatic carbocycles. The maximum Gasteiger partial charge on any atom is 0.161 e. The van der Waals surface area contributed by atoms with E-state index in [0.717, 1.165) is 16.5 Å². The first-order valence-corrected chi connectivity index (χ1v) is 15.4. The lowest BCUT2D eigenvalue weighted by atomic mass is 10.0. The molecule has 0 radical (unpaired) electrons. The first kappa shape index (κ1) is 18.6. The summed E-state index contributed by atoms with van der Waals surface area (Å²) >= 11 is 0. The van der Waals surface area contributed by atoms with Gasteiger partial charge in [0.25, 0.3) is 0 Å². The molecule has 0 saturated heterocycles. The maximum absolute atomic E-state index is 9.60. The lowest BCUT2D eigenvalue weighted by Crippen LogP contribution is -1.99. The normalized spacial score (nSPS) is 14.7. The van der Waals surface area contributed by atoms with E-state index in [1.54, 1.807) is 12.1 Å². The van der Waals surface area contributed by atoms with Gasteiger partial charge in [0.15, 0.2) is 5.82 Å². The van der Waals surface area contributed by atoms with E-state index in [4.69, 9.17) is 24.0 Å². The van der Waals surface area contributed by atoms with Gasteiger partial charge in [-0.25, -0.2) is 9.97 Å². The minimum Gasteiger partial charge on any atom is -0.456 e. The number of para-hydroxylation sites is 2. The number of furan rings is 1. The van der Waals surface area contributed by atoms with Gasteiger partial charge in [0, 0.05) is 44.3 Å². The smallest absolute Gasteiger partial charge is 0.161 e. The summed E-state index contributed by atoms with van der Waals surface area (Å²) in [5.41, 5.74) is 4.68. The Balaban J connectivity index is 1.41. The van der Waals surface area contributed by atoms with Crippen molar-refractivity contribution in [1.29, 1.82) is 0 Å². The number of aromatic nitrogens is 3. The molecule has 3 aromatic heterocycles. The molecule has 0 saturated carbocycles. The van der Waals surface area contributed by atoms with Crippen molar-refractivity contribution in [2.45, 2.75) is 0 Å². The summed E-state index contributed by atoms with van der Waals surface area (Å²) in [7, 11) is 0. The fourth-order valence-electron chi connectivity index (χ4n) is 6.46. The van der Waals surface area contributed by atoms with E-state index >= 15 is 0 Å². The highest BCUT2D eigenvalue weighted by molar-refractivity contribution is 6.15. The third-order valence-electron chi connectivity index (χ3n) is 8.61. The first-order valence-electron chi connectivity index (χ1n) is 20.4. The molecular formula is C44H27N3O. The molecule has 48 heavy (non-hydrogen) atoms. The minimum atomic E-state index is -0.581. The minimum absolute atomic E-state index is 0.0325. The largest absolute Gasteiger partial charge is 0.456 e. The first-order chi connectivity index (χ1) is 28.0. The third-order valence-corrected chi connectivity index (χ3v) is 8.61. The van der Waals surface area contributed by atoms with E-state index in [0.29, 0.717) is 39.3 Å². The Morgan fingerprint density at radius 2 is 1.19 bits per heavy atom. The summed E-state index contributed by atoms with van der Waals surface area (Å²) in [4.78, 5) is 10.2. The topological polar surface area (TPSA) is 43.9 Å². The van der Waals surface area contributed by atoms with Crippen LogP contribution in [0.25, 0.3) is 94.1 Å². The molecule has 0 aliphatic rings. The molecule has 4 heteroatoms. The summed E-state index contributed by atoms with van der Waals surface area (Å²) in [5, 5.41) is 0.910. The summed E-state index contributed by atoms with van der Waals surface area (Å²) < 4.78 is 97.0. The summed E-state index contributed by atoms with van der Waals surface area (Å²) in [6.45, 7) is 0. The zero-order chi connectivity index (χ0) is 40.3. The average Bonchev–Trinajstić information content (AvgIpc) is 3.82. The standard InChI is InChI=1S/C44H27N3O/c1-3-13-28(14-4-1)37-27-38(29-15-5-2-6-16-29)46-44(45-37)36-25-32(26-42-43(36)34-20-10-12-22-41(34)48-42)47-39-21-11-9-19-33(39)35-23-30-17-7-8-18-31(30)24-40(35)47/h1-27H/i7D,8D,9D,11D,17D,18D,19D,21D,23D,24D. The Bertz CT molecular complexity index is 3340. The molecule has 4 nitrogen and oxygen atoms in total. The Kier molecular flexibility index (Phi) is 4.07. The molecule has 0 unspecified atom stereocenters. The molecule has 10 aromatic rings. The second-order valence-corrected chi connectivity index (χ2v) is 11.4. The number of hydrogen-bond acceptors (Lipinski definition) is 3. The molecule has 10 rings (SSSR count). The number of benzene rings is 7. The molecule has 0 amide bonds. The second-order valence-electron chi connectivity index (χ2n) is 11.4. The van der Waals surface area contributed by atoms with Crippen molar-refractivity contribution in [3.8, 4) is 39.6 Å². The number of nitrogens with zero attached hydrogens (tertiary/aromatic N) is 3. The van der Waals surface area contributed by atoms with Crippen molar-refractivity contribution in [2.24, 2.45) is 0 Å². The molecule has 3 heterocycles. The molecule has 0 aliphatic heterocycles. The van der Waals surface area contributed by atoms with Gasteiger partial charge in [0.2, 0.25) is 0 Å². The van der Waals surface area contributed by atoms with Gasteiger partial charge in [-0.15, -0.1) is 0 Å². The molecule has 0 bridgehead atoms. The highest BCUT2D eigenvalue weighted by Crippen LogP contribution is 2.41. The maximum atomic E-state index is 9.60. The van der Waals surface area contributed by atoms with E-state index in [1.807, 2.05) is 91.0 Å². The molecule has 224 valence electrons. The van der Waals surface area contributed by atoms with Crippen LogP contribution >= 0.6 is 0 Å².